The molecule has 2 N–H and O–H groups in total. The van der Waals surface area contributed by atoms with Crippen LogP contribution in [0.2, 0.25) is 0 Å². The van der Waals surface area contributed by atoms with Gasteiger partial charge >= 0.3 is 0 Å². The molecule has 2 bridgehead atoms. The molecule has 2 amide bonds. The number of pyridine rings is 1. The van der Waals surface area contributed by atoms with Crippen LogP contribution in [0.25, 0.3) is 33.6 Å². The van der Waals surface area contributed by atoms with Crippen LogP contribution < -0.4 is 10.5 Å². The van der Waals surface area contributed by atoms with Crippen LogP contribution in [0.5, 0.6) is 5.75 Å². The Kier molecular flexibility index (Phi) is 5.89. The molecule has 9 rings (SSSR count). The van der Waals surface area contributed by atoms with Gasteiger partial charge in [0.25, 0.3) is 5.91 Å². The number of hydrogen-bond donors (Lipinski definition) is 1. The molecule has 44 heavy (non-hydrogen) atoms. The molecular weight excluding hydrogens is 554 g/mol. The number of likely N-dealkylation sites (tertiary alicyclic amines) is 2. The maximum Gasteiger partial charge on any atom is 0.254 e. The van der Waals surface area contributed by atoms with Gasteiger partial charge in [-0.25, -0.2) is 9.97 Å². The number of amides is 2. The van der Waals surface area contributed by atoms with E-state index >= 15 is 0 Å². The first-order valence-corrected chi connectivity index (χ1v) is 16.3. The second-order valence-corrected chi connectivity index (χ2v) is 13.9. The predicted octanol–water partition coefficient (Wildman–Crippen LogP) is 3.90. The van der Waals surface area contributed by atoms with E-state index in [-0.39, 0.29) is 23.9 Å². The lowest BCUT2D eigenvalue weighted by Gasteiger charge is -2.40. The Morgan fingerprint density at radius 2 is 1.80 bits per heavy atom. The van der Waals surface area contributed by atoms with Crippen molar-refractivity contribution in [1.82, 2.24) is 28.9 Å². The lowest BCUT2D eigenvalue weighted by Crippen LogP contribution is -2.52. The lowest BCUT2D eigenvalue weighted by molar-refractivity contribution is -0.139. The maximum atomic E-state index is 13.9. The molecule has 1 aromatic carbocycles. The van der Waals surface area contributed by atoms with Gasteiger partial charge in [0.1, 0.15) is 16.9 Å². The second kappa shape index (κ2) is 9.79. The minimum Gasteiger partial charge on any atom is -0.494 e. The lowest BCUT2D eigenvalue weighted by atomic mass is 9.99. The number of fused-ring (bicyclic) bond motifs is 4. The third-order valence-corrected chi connectivity index (χ3v) is 10.8. The van der Waals surface area contributed by atoms with Crippen LogP contribution >= 0.6 is 0 Å². The Morgan fingerprint density at radius 1 is 0.977 bits per heavy atom. The van der Waals surface area contributed by atoms with E-state index in [4.69, 9.17) is 20.4 Å². The zero-order valence-electron chi connectivity index (χ0n) is 25.2. The summed E-state index contributed by atoms with van der Waals surface area (Å²) >= 11 is 0. The first-order chi connectivity index (χ1) is 21.5. The van der Waals surface area contributed by atoms with Crippen molar-refractivity contribution < 1.29 is 14.3 Å². The Bertz CT molecular complexity index is 1810. The van der Waals surface area contributed by atoms with Crippen molar-refractivity contribution in [3.05, 3.63) is 42.1 Å². The van der Waals surface area contributed by atoms with Crippen molar-refractivity contribution >= 4 is 33.9 Å². The van der Waals surface area contributed by atoms with Gasteiger partial charge in [0.2, 0.25) is 5.91 Å². The standard InChI is InChI=1S/C34H39N7O3/c1-44-28-13-24(34(43)40-18-23-8-9-26(40)29(23)35)11-25-30(28)41(17-20-14-38(15-20)33(42)21-6-7-21)32(37-25)27-12-22-3-2-10-36-31(22)39(27)16-19-4-5-19/h2-3,10-13,19-21,23,26,29H,4-9,14-18,35H2,1H3/t23-,26-,29-/m1/s1. The molecule has 4 aromatic rings. The molecule has 0 radical (unpaired) electrons. The number of hydrogen-bond acceptors (Lipinski definition) is 6. The highest BCUT2D eigenvalue weighted by Gasteiger charge is 2.47. The van der Waals surface area contributed by atoms with Gasteiger partial charge in [0, 0.05) is 73.8 Å². The fourth-order valence-electron chi connectivity index (χ4n) is 8.06. The fraction of sp³-hybridized carbons (Fsp3) is 0.529. The van der Waals surface area contributed by atoms with Gasteiger partial charge in [0.05, 0.1) is 18.3 Å². The average molecular weight is 594 g/mol. The summed E-state index contributed by atoms with van der Waals surface area (Å²) in [5.74, 6) is 3.41. The van der Waals surface area contributed by atoms with E-state index in [0.717, 1.165) is 85.4 Å². The summed E-state index contributed by atoms with van der Waals surface area (Å²) in [6, 6.07) is 10.3. The van der Waals surface area contributed by atoms with Gasteiger partial charge in [-0.15, -0.1) is 0 Å². The van der Waals surface area contributed by atoms with Crippen molar-refractivity contribution in [2.45, 2.75) is 63.7 Å². The van der Waals surface area contributed by atoms with Gasteiger partial charge < -0.3 is 29.4 Å². The molecule has 3 atom stereocenters. The summed E-state index contributed by atoms with van der Waals surface area (Å²) in [6.45, 7) is 3.87. The van der Waals surface area contributed by atoms with Gasteiger partial charge in [-0.2, -0.15) is 0 Å². The summed E-state index contributed by atoms with van der Waals surface area (Å²) in [4.78, 5) is 40.6. The summed E-state index contributed by atoms with van der Waals surface area (Å²) < 4.78 is 10.6. The van der Waals surface area contributed by atoms with Crippen LogP contribution in [0, 0.1) is 23.7 Å². The predicted molar refractivity (Wildman–Crippen MR) is 166 cm³/mol. The number of ether oxygens (including phenoxy) is 1. The van der Waals surface area contributed by atoms with E-state index in [2.05, 4.69) is 21.3 Å². The molecule has 0 unspecified atom stereocenters. The molecule has 2 saturated heterocycles. The summed E-state index contributed by atoms with van der Waals surface area (Å²) in [6.07, 6.45) is 8.44. The molecule has 5 fully saturated rings. The number of benzene rings is 1. The summed E-state index contributed by atoms with van der Waals surface area (Å²) in [5, 5.41) is 1.09. The van der Waals surface area contributed by atoms with Crippen molar-refractivity contribution in [2.24, 2.45) is 29.4 Å². The molecule has 10 heteroatoms. The summed E-state index contributed by atoms with van der Waals surface area (Å²) in [5.41, 5.74) is 10.7. The minimum absolute atomic E-state index is 0.00391. The number of imidazole rings is 1. The Balaban J connectivity index is 1.15. The smallest absolute Gasteiger partial charge is 0.254 e. The molecule has 5 aliphatic rings. The minimum atomic E-state index is 0.00391. The van der Waals surface area contributed by atoms with Gasteiger partial charge in [-0.3, -0.25) is 9.59 Å². The number of piperidine rings is 1. The molecule has 3 saturated carbocycles. The number of nitrogens with two attached hydrogens (primary N) is 1. The molecule has 10 nitrogen and oxygen atoms in total. The molecule has 3 aromatic heterocycles. The Labute approximate surface area is 256 Å². The maximum absolute atomic E-state index is 13.9. The molecule has 228 valence electrons. The third-order valence-electron chi connectivity index (χ3n) is 10.8. The van der Waals surface area contributed by atoms with Crippen LogP contribution in [0.1, 0.15) is 48.9 Å². The topological polar surface area (TPSA) is 112 Å². The van der Waals surface area contributed by atoms with Crippen molar-refractivity contribution in [1.29, 1.82) is 0 Å². The average Bonchev–Trinajstić information content (AvgIpc) is 3.92. The third kappa shape index (κ3) is 4.17. The van der Waals surface area contributed by atoms with Crippen LogP contribution in [0.4, 0.5) is 0 Å². The van der Waals surface area contributed by atoms with E-state index in [0.29, 0.717) is 41.5 Å². The Hall–Kier alpha value is -3.92. The van der Waals surface area contributed by atoms with Crippen molar-refractivity contribution in [3.63, 3.8) is 0 Å². The highest BCUT2D eigenvalue weighted by molar-refractivity contribution is 6.00. The number of methoxy groups -OCH3 is 1. The SMILES string of the molecule is COc1cc(C(=O)N2C[C@H]3CC[C@@H]2[C@@H]3N)cc2nc(-c3cc4cccnc4n3CC3CC3)n(CC3CN(C(=O)C4CC4)C3)c12. The first kappa shape index (κ1) is 26.5. The first-order valence-electron chi connectivity index (χ1n) is 16.3. The molecule has 2 aliphatic heterocycles. The van der Waals surface area contributed by atoms with E-state index in [1.54, 1.807) is 7.11 Å². The van der Waals surface area contributed by atoms with Crippen LogP contribution in [-0.4, -0.2) is 79.5 Å². The Morgan fingerprint density at radius 3 is 2.50 bits per heavy atom. The van der Waals surface area contributed by atoms with Crippen molar-refractivity contribution in [3.8, 4) is 17.3 Å². The second-order valence-electron chi connectivity index (χ2n) is 13.9. The van der Waals surface area contributed by atoms with E-state index in [1.165, 1.54) is 12.8 Å². The van der Waals surface area contributed by atoms with Crippen LogP contribution in [0.3, 0.4) is 0 Å². The van der Waals surface area contributed by atoms with Gasteiger partial charge in [-0.1, -0.05) is 0 Å². The van der Waals surface area contributed by atoms with Crippen LogP contribution in [-0.2, 0) is 17.9 Å². The fourth-order valence-corrected chi connectivity index (χ4v) is 8.06. The highest BCUT2D eigenvalue weighted by atomic mass is 16.5. The van der Waals surface area contributed by atoms with Crippen LogP contribution in [0.15, 0.2) is 36.5 Å². The van der Waals surface area contributed by atoms with E-state index in [1.807, 2.05) is 34.2 Å². The molecule has 0 spiro atoms. The van der Waals surface area contributed by atoms with E-state index in [9.17, 15) is 9.59 Å². The van der Waals surface area contributed by atoms with Gasteiger partial charge in [0.15, 0.2) is 5.82 Å². The number of rotatable bonds is 8. The highest BCUT2D eigenvalue weighted by Crippen LogP contribution is 2.41. The quantitative estimate of drug-likeness (QED) is 0.332. The van der Waals surface area contributed by atoms with Gasteiger partial charge in [-0.05, 0) is 80.7 Å². The molecular formula is C34H39N7O3. The largest absolute Gasteiger partial charge is 0.494 e. The normalized spacial score (nSPS) is 24.9. The summed E-state index contributed by atoms with van der Waals surface area (Å²) in [7, 11) is 1.67. The van der Waals surface area contributed by atoms with Crippen molar-refractivity contribution in [2.75, 3.05) is 26.7 Å². The number of aromatic nitrogens is 4. The number of carbonyl (C=O) groups excluding carboxylic acids is 2. The van der Waals surface area contributed by atoms with E-state index < -0.39 is 0 Å². The monoisotopic (exact) mass is 593 g/mol. The zero-order valence-corrected chi connectivity index (χ0v) is 25.2. The molecule has 5 heterocycles. The number of carbonyl (C=O) groups is 2. The zero-order chi connectivity index (χ0) is 29.7. The molecule has 3 aliphatic carbocycles. The number of nitrogens with zero attached hydrogens (tertiary/aromatic N) is 6.